The Kier molecular flexibility index (Phi) is 2.97. The van der Waals surface area contributed by atoms with Crippen molar-refractivity contribution in [3.63, 3.8) is 0 Å². The van der Waals surface area contributed by atoms with Crippen LogP contribution in [0.5, 0.6) is 11.6 Å². The average molecular weight is 252 g/mol. The Bertz CT molecular complexity index is 566. The fraction of sp³-hybridized carbons (Fsp3) is 0.100. The predicted octanol–water partition coefficient (Wildman–Crippen LogP) is 1.54. The van der Waals surface area contributed by atoms with Crippen LogP contribution in [0.4, 0.5) is 0 Å². The van der Waals surface area contributed by atoms with E-state index in [0.717, 1.165) is 0 Å². The summed E-state index contributed by atoms with van der Waals surface area (Å²) in [6.45, 7) is 0. The number of aryl methyl sites for hydroxylation is 1. The molecule has 7 heteroatoms. The molecular formula is C10H10ClN5O. The maximum Gasteiger partial charge on any atom is 0.239 e. The summed E-state index contributed by atoms with van der Waals surface area (Å²) in [6, 6.07) is 1.56. The number of halogens is 1. The van der Waals surface area contributed by atoms with Gasteiger partial charge in [-0.3, -0.25) is 10.1 Å². The van der Waals surface area contributed by atoms with Gasteiger partial charge in [-0.1, -0.05) is 11.6 Å². The van der Waals surface area contributed by atoms with Crippen molar-refractivity contribution in [1.82, 2.24) is 14.8 Å². The van der Waals surface area contributed by atoms with E-state index in [0.29, 0.717) is 11.3 Å². The monoisotopic (exact) mass is 251 g/mol. The predicted molar refractivity (Wildman–Crippen MR) is 63.5 cm³/mol. The summed E-state index contributed by atoms with van der Waals surface area (Å²) in [5.74, 6) is 0.586. The van der Waals surface area contributed by atoms with Gasteiger partial charge in [0.25, 0.3) is 0 Å². The molecule has 0 unspecified atom stereocenters. The number of nitrogens with one attached hydrogen (secondary N) is 1. The van der Waals surface area contributed by atoms with Crippen molar-refractivity contribution in [1.29, 1.82) is 5.41 Å². The molecule has 2 heterocycles. The SMILES string of the molecule is Cn1cc(Oc2nccc(C(=N)N)c2Cl)cn1. The van der Waals surface area contributed by atoms with E-state index in [1.165, 1.54) is 6.20 Å². The number of pyridine rings is 1. The lowest BCUT2D eigenvalue weighted by Gasteiger charge is -2.07. The highest BCUT2D eigenvalue weighted by Crippen LogP contribution is 2.29. The highest BCUT2D eigenvalue weighted by atomic mass is 35.5. The normalized spacial score (nSPS) is 10.2. The van der Waals surface area contributed by atoms with Gasteiger partial charge in [0.15, 0.2) is 5.75 Å². The molecule has 0 amide bonds. The standard InChI is InChI=1S/C10H10ClN5O/c1-16-5-6(4-15-16)17-10-8(11)7(9(12)13)2-3-14-10/h2-5H,1H3,(H3,12,13). The topological polar surface area (TPSA) is 89.8 Å². The summed E-state index contributed by atoms with van der Waals surface area (Å²) >= 11 is 6.02. The van der Waals surface area contributed by atoms with Crippen LogP contribution < -0.4 is 10.5 Å². The zero-order chi connectivity index (χ0) is 12.4. The Morgan fingerprint density at radius 2 is 2.35 bits per heavy atom. The van der Waals surface area contributed by atoms with Crippen molar-refractivity contribution in [3.05, 3.63) is 35.2 Å². The largest absolute Gasteiger partial charge is 0.434 e. The number of nitrogens with two attached hydrogens (primary N) is 1. The summed E-state index contributed by atoms with van der Waals surface area (Å²) in [5.41, 5.74) is 5.77. The van der Waals surface area contributed by atoms with Crippen molar-refractivity contribution >= 4 is 17.4 Å². The van der Waals surface area contributed by atoms with E-state index in [2.05, 4.69) is 10.1 Å². The fourth-order valence-electron chi connectivity index (χ4n) is 1.27. The van der Waals surface area contributed by atoms with Gasteiger partial charge < -0.3 is 10.5 Å². The quantitative estimate of drug-likeness (QED) is 0.640. The van der Waals surface area contributed by atoms with Crippen LogP contribution in [-0.2, 0) is 7.05 Å². The van der Waals surface area contributed by atoms with Crippen LogP contribution in [0.1, 0.15) is 5.56 Å². The van der Waals surface area contributed by atoms with Gasteiger partial charge in [-0.2, -0.15) is 5.10 Å². The van der Waals surface area contributed by atoms with E-state index in [1.54, 1.807) is 30.2 Å². The molecule has 0 spiro atoms. The third-order valence-electron chi connectivity index (χ3n) is 2.04. The minimum absolute atomic E-state index is 0.131. The van der Waals surface area contributed by atoms with Crippen LogP contribution in [0.2, 0.25) is 5.02 Å². The zero-order valence-electron chi connectivity index (χ0n) is 9.01. The number of aromatic nitrogens is 3. The lowest BCUT2D eigenvalue weighted by atomic mass is 10.2. The molecule has 17 heavy (non-hydrogen) atoms. The molecule has 0 saturated carbocycles. The van der Waals surface area contributed by atoms with E-state index >= 15 is 0 Å². The summed E-state index contributed by atoms with van der Waals surface area (Å²) in [6.07, 6.45) is 4.70. The first-order chi connectivity index (χ1) is 8.08. The van der Waals surface area contributed by atoms with Gasteiger partial charge >= 0.3 is 0 Å². The Labute approximate surface area is 102 Å². The Morgan fingerprint density at radius 1 is 1.59 bits per heavy atom. The number of nitrogen functional groups attached to an aromatic ring is 1. The van der Waals surface area contributed by atoms with Gasteiger partial charge in [0.2, 0.25) is 5.88 Å². The molecule has 3 N–H and O–H groups in total. The first kappa shape index (κ1) is 11.4. The molecule has 88 valence electrons. The maximum atomic E-state index is 7.35. The molecule has 2 aromatic heterocycles. The molecule has 0 aliphatic heterocycles. The van der Waals surface area contributed by atoms with E-state index in [4.69, 9.17) is 27.5 Å². The van der Waals surface area contributed by atoms with E-state index in [9.17, 15) is 0 Å². The molecule has 2 rings (SSSR count). The minimum Gasteiger partial charge on any atom is -0.434 e. The van der Waals surface area contributed by atoms with Crippen molar-refractivity contribution in [2.75, 3.05) is 0 Å². The molecule has 0 aromatic carbocycles. The molecule has 0 bridgehead atoms. The summed E-state index contributed by atoms with van der Waals surface area (Å²) < 4.78 is 7.04. The Hall–Kier alpha value is -2.08. The fourth-order valence-corrected chi connectivity index (χ4v) is 1.52. The van der Waals surface area contributed by atoms with Crippen LogP contribution in [0.15, 0.2) is 24.7 Å². The van der Waals surface area contributed by atoms with Gasteiger partial charge in [0, 0.05) is 18.8 Å². The molecule has 0 saturated heterocycles. The van der Waals surface area contributed by atoms with Crippen LogP contribution in [0, 0.1) is 5.41 Å². The van der Waals surface area contributed by atoms with E-state index < -0.39 is 0 Å². The number of nitrogens with zero attached hydrogens (tertiary/aromatic N) is 3. The number of ether oxygens (including phenoxy) is 1. The van der Waals surface area contributed by atoms with Gasteiger partial charge in [0.05, 0.1) is 12.4 Å². The van der Waals surface area contributed by atoms with Gasteiger partial charge in [-0.25, -0.2) is 4.98 Å². The third-order valence-corrected chi connectivity index (χ3v) is 2.41. The molecule has 2 aromatic rings. The second-order valence-corrected chi connectivity index (χ2v) is 3.72. The van der Waals surface area contributed by atoms with Crippen LogP contribution in [-0.4, -0.2) is 20.6 Å². The Morgan fingerprint density at radius 3 is 2.94 bits per heavy atom. The third kappa shape index (κ3) is 2.36. The molecule has 0 aliphatic carbocycles. The maximum absolute atomic E-state index is 7.35. The highest BCUT2D eigenvalue weighted by molar-refractivity contribution is 6.35. The molecule has 0 fully saturated rings. The van der Waals surface area contributed by atoms with Gasteiger partial charge in [-0.15, -0.1) is 0 Å². The molecule has 0 radical (unpaired) electrons. The van der Waals surface area contributed by atoms with Crippen LogP contribution >= 0.6 is 11.6 Å². The van der Waals surface area contributed by atoms with Gasteiger partial charge in [0.1, 0.15) is 10.9 Å². The van der Waals surface area contributed by atoms with E-state index in [-0.39, 0.29) is 16.7 Å². The Balaban J connectivity index is 2.33. The van der Waals surface area contributed by atoms with Crippen molar-refractivity contribution in [3.8, 4) is 11.6 Å². The molecule has 0 atom stereocenters. The van der Waals surface area contributed by atoms with Crippen molar-refractivity contribution < 1.29 is 4.74 Å². The number of hydrogen-bond donors (Lipinski definition) is 2. The second-order valence-electron chi connectivity index (χ2n) is 3.34. The number of amidine groups is 1. The molecule has 0 aliphatic rings. The van der Waals surface area contributed by atoms with Crippen molar-refractivity contribution in [2.24, 2.45) is 12.8 Å². The summed E-state index contributed by atoms with van der Waals surface area (Å²) in [7, 11) is 1.77. The van der Waals surface area contributed by atoms with Gasteiger partial charge in [-0.05, 0) is 6.07 Å². The zero-order valence-corrected chi connectivity index (χ0v) is 9.77. The molecular weight excluding hydrogens is 242 g/mol. The van der Waals surface area contributed by atoms with Crippen molar-refractivity contribution in [2.45, 2.75) is 0 Å². The lowest BCUT2D eigenvalue weighted by Crippen LogP contribution is -2.12. The average Bonchev–Trinajstić information content (AvgIpc) is 2.67. The first-order valence-corrected chi connectivity index (χ1v) is 5.11. The van der Waals surface area contributed by atoms with Crippen LogP contribution in [0.25, 0.3) is 0 Å². The van der Waals surface area contributed by atoms with E-state index in [1.807, 2.05) is 0 Å². The summed E-state index contributed by atoms with van der Waals surface area (Å²) in [5, 5.41) is 11.5. The number of hydrogen-bond acceptors (Lipinski definition) is 4. The number of rotatable bonds is 3. The second kappa shape index (κ2) is 4.42. The lowest BCUT2D eigenvalue weighted by molar-refractivity contribution is 0.462. The smallest absolute Gasteiger partial charge is 0.239 e. The molecule has 6 nitrogen and oxygen atoms in total. The minimum atomic E-state index is -0.131. The summed E-state index contributed by atoms with van der Waals surface area (Å²) in [4.78, 5) is 3.98. The first-order valence-electron chi connectivity index (χ1n) is 4.73. The van der Waals surface area contributed by atoms with Crippen LogP contribution in [0.3, 0.4) is 0 Å². The highest BCUT2D eigenvalue weighted by Gasteiger charge is 2.12.